The van der Waals surface area contributed by atoms with Crippen LogP contribution in [-0.2, 0) is 4.79 Å². The molecule has 2 heterocycles. The van der Waals surface area contributed by atoms with Crippen LogP contribution in [0.2, 0.25) is 5.02 Å². The van der Waals surface area contributed by atoms with Gasteiger partial charge < -0.3 is 29.9 Å². The van der Waals surface area contributed by atoms with Crippen LogP contribution in [0.25, 0.3) is 0 Å². The molecule has 188 valence electrons. The fourth-order valence-corrected chi connectivity index (χ4v) is 3.63. The summed E-state index contributed by atoms with van der Waals surface area (Å²) in [6.07, 6.45) is 3.41. The molecule has 2 N–H and O–H groups in total. The van der Waals surface area contributed by atoms with Crippen molar-refractivity contribution in [2.75, 3.05) is 57.6 Å². The number of benzene rings is 1. The number of nitrogens with zero attached hydrogens (tertiary/aromatic N) is 4. The summed E-state index contributed by atoms with van der Waals surface area (Å²) in [6.45, 7) is 7.93. The van der Waals surface area contributed by atoms with E-state index in [1.54, 1.807) is 23.1 Å². The number of halogens is 1. The molecule has 0 bridgehead atoms. The predicted octanol–water partition coefficient (Wildman–Crippen LogP) is 2.92. The normalized spacial score (nSPS) is 15.1. The summed E-state index contributed by atoms with van der Waals surface area (Å²) in [5.41, 5.74) is 0.958. The van der Waals surface area contributed by atoms with Gasteiger partial charge in [-0.05, 0) is 51.7 Å². The Kier molecular flexibility index (Phi) is 9.27. The first kappa shape index (κ1) is 26.2. The molecule has 1 saturated heterocycles. The van der Waals surface area contributed by atoms with Crippen molar-refractivity contribution < 1.29 is 19.1 Å². The molecule has 1 aromatic carbocycles. The molecule has 11 heteroatoms. The van der Waals surface area contributed by atoms with E-state index in [0.29, 0.717) is 66.7 Å². The van der Waals surface area contributed by atoms with Crippen LogP contribution >= 0.6 is 11.6 Å². The first-order valence-corrected chi connectivity index (χ1v) is 11.7. The topological polar surface area (TPSA) is 109 Å². The first-order chi connectivity index (χ1) is 16.8. The number of nitrogens with one attached hydrogen (secondary N) is 2. The molecule has 0 unspecified atom stereocenters. The molecule has 3 rings (SSSR count). The first-order valence-electron chi connectivity index (χ1n) is 11.4. The van der Waals surface area contributed by atoms with Crippen LogP contribution in [0, 0.1) is 0 Å². The van der Waals surface area contributed by atoms with E-state index in [2.05, 4.69) is 27.2 Å². The van der Waals surface area contributed by atoms with Crippen molar-refractivity contribution in [3.8, 4) is 11.6 Å². The Balaban J connectivity index is 1.68. The molecule has 2 amide bonds. The number of amides is 2. The number of rotatable bonds is 11. The Labute approximate surface area is 210 Å². The molecule has 10 nitrogen and oxygen atoms in total. The summed E-state index contributed by atoms with van der Waals surface area (Å²) in [6, 6.07) is 4.99. The Morgan fingerprint density at radius 2 is 2.14 bits per heavy atom. The lowest BCUT2D eigenvalue weighted by atomic mass is 10.1. The van der Waals surface area contributed by atoms with Crippen LogP contribution in [0.5, 0.6) is 11.6 Å². The highest BCUT2D eigenvalue weighted by molar-refractivity contribution is 6.31. The quantitative estimate of drug-likeness (QED) is 0.451. The van der Waals surface area contributed by atoms with Gasteiger partial charge in [-0.15, -0.1) is 0 Å². The second kappa shape index (κ2) is 12.4. The monoisotopic (exact) mass is 502 g/mol. The average Bonchev–Trinajstić information content (AvgIpc) is 3.30. The van der Waals surface area contributed by atoms with Crippen molar-refractivity contribution in [3.63, 3.8) is 0 Å². The molecular formula is C24H31ClN6O4. The zero-order valence-corrected chi connectivity index (χ0v) is 21.0. The Morgan fingerprint density at radius 1 is 1.34 bits per heavy atom. The van der Waals surface area contributed by atoms with E-state index in [0.717, 1.165) is 6.42 Å². The summed E-state index contributed by atoms with van der Waals surface area (Å²) < 4.78 is 11.3. The fourth-order valence-electron chi connectivity index (χ4n) is 3.49. The largest absolute Gasteiger partial charge is 0.490 e. The lowest BCUT2D eigenvalue weighted by Gasteiger charge is -2.19. The molecule has 1 fully saturated rings. The van der Waals surface area contributed by atoms with Gasteiger partial charge in [-0.1, -0.05) is 18.2 Å². The van der Waals surface area contributed by atoms with Crippen LogP contribution in [0.4, 0.5) is 11.6 Å². The van der Waals surface area contributed by atoms with Crippen LogP contribution < -0.4 is 20.1 Å². The van der Waals surface area contributed by atoms with Crippen LogP contribution in [-0.4, -0.2) is 84.6 Å². The Bertz CT molecular complexity index is 1060. The lowest BCUT2D eigenvalue weighted by Crippen LogP contribution is -2.32. The van der Waals surface area contributed by atoms with Gasteiger partial charge in [0.2, 0.25) is 17.7 Å². The van der Waals surface area contributed by atoms with Gasteiger partial charge in [0.15, 0.2) is 0 Å². The summed E-state index contributed by atoms with van der Waals surface area (Å²) in [5.74, 6) is 0.672. The molecule has 0 aliphatic carbocycles. The zero-order chi connectivity index (χ0) is 25.4. The molecule has 0 spiro atoms. The highest BCUT2D eigenvalue weighted by Crippen LogP contribution is 2.28. The van der Waals surface area contributed by atoms with E-state index in [1.807, 2.05) is 25.9 Å². The summed E-state index contributed by atoms with van der Waals surface area (Å²) in [4.78, 5) is 37.3. The number of carbonyl (C=O) groups is 2. The van der Waals surface area contributed by atoms with Gasteiger partial charge in [-0.3, -0.25) is 9.59 Å². The van der Waals surface area contributed by atoms with Gasteiger partial charge in [0.25, 0.3) is 5.91 Å². The number of ether oxygens (including phenoxy) is 2. The third-order valence-corrected chi connectivity index (χ3v) is 5.53. The van der Waals surface area contributed by atoms with Gasteiger partial charge in [-0.2, -0.15) is 4.98 Å². The number of aromatic nitrogens is 2. The standard InChI is InChI=1S/C24H31ClN6O4/c1-5-21(32)28-19-8-7-16(13-20(19)35-12-11-30(3)4)23(33)31-10-9-17(15-31)27-24-26-14-18(25)22(29-24)34-6-2/h5,7-8,13-14,17H,1,6,9-12,15H2,2-4H3,(H,28,32)(H,26,27,29)/t17-/m0/s1. The maximum Gasteiger partial charge on any atom is 0.254 e. The number of hydrogen-bond donors (Lipinski definition) is 2. The molecule has 2 aromatic rings. The summed E-state index contributed by atoms with van der Waals surface area (Å²) >= 11 is 6.06. The summed E-state index contributed by atoms with van der Waals surface area (Å²) in [7, 11) is 3.88. The van der Waals surface area contributed by atoms with Crippen molar-refractivity contribution in [2.24, 2.45) is 0 Å². The minimum atomic E-state index is -0.355. The maximum atomic E-state index is 13.2. The molecule has 0 radical (unpaired) electrons. The van der Waals surface area contributed by atoms with Gasteiger partial charge in [0.1, 0.15) is 17.4 Å². The Morgan fingerprint density at radius 3 is 2.86 bits per heavy atom. The van der Waals surface area contributed by atoms with E-state index in [1.165, 1.54) is 12.3 Å². The van der Waals surface area contributed by atoms with Gasteiger partial charge in [-0.25, -0.2) is 4.98 Å². The van der Waals surface area contributed by atoms with Crippen LogP contribution in [0.3, 0.4) is 0 Å². The average molecular weight is 503 g/mol. The predicted molar refractivity (Wildman–Crippen MR) is 135 cm³/mol. The zero-order valence-electron chi connectivity index (χ0n) is 20.2. The molecular weight excluding hydrogens is 472 g/mol. The molecule has 1 atom stereocenters. The maximum absolute atomic E-state index is 13.2. The molecule has 1 aromatic heterocycles. The number of hydrogen-bond acceptors (Lipinski definition) is 8. The van der Waals surface area contributed by atoms with Crippen molar-refractivity contribution in [2.45, 2.75) is 19.4 Å². The number of carbonyl (C=O) groups excluding carboxylic acids is 2. The third kappa shape index (κ3) is 7.30. The minimum absolute atomic E-state index is 0.0171. The second-order valence-corrected chi connectivity index (χ2v) is 8.62. The van der Waals surface area contributed by atoms with Crippen LogP contribution in [0.1, 0.15) is 23.7 Å². The Hall–Kier alpha value is -3.37. The highest BCUT2D eigenvalue weighted by atomic mass is 35.5. The van der Waals surface area contributed by atoms with Gasteiger partial charge in [0, 0.05) is 31.2 Å². The minimum Gasteiger partial charge on any atom is -0.490 e. The van der Waals surface area contributed by atoms with Crippen molar-refractivity contribution >= 4 is 35.1 Å². The molecule has 1 aliphatic rings. The van der Waals surface area contributed by atoms with Crippen molar-refractivity contribution in [1.29, 1.82) is 0 Å². The number of anilines is 2. The summed E-state index contributed by atoms with van der Waals surface area (Å²) in [5, 5.41) is 6.32. The van der Waals surface area contributed by atoms with Crippen LogP contribution in [0.15, 0.2) is 37.1 Å². The van der Waals surface area contributed by atoms with E-state index >= 15 is 0 Å². The molecule has 1 aliphatic heterocycles. The number of likely N-dealkylation sites (tertiary alicyclic amines) is 1. The molecule has 35 heavy (non-hydrogen) atoms. The fraction of sp³-hybridized carbons (Fsp3) is 0.417. The van der Waals surface area contributed by atoms with E-state index in [9.17, 15) is 9.59 Å². The smallest absolute Gasteiger partial charge is 0.254 e. The van der Waals surface area contributed by atoms with Crippen molar-refractivity contribution in [3.05, 3.63) is 47.6 Å². The van der Waals surface area contributed by atoms with Gasteiger partial charge >= 0.3 is 0 Å². The second-order valence-electron chi connectivity index (χ2n) is 8.22. The van der Waals surface area contributed by atoms with E-state index in [-0.39, 0.29) is 17.9 Å². The SMILES string of the molecule is C=CC(=O)Nc1ccc(C(=O)N2CC[C@H](Nc3ncc(Cl)c(OCC)n3)C2)cc1OCCN(C)C. The van der Waals surface area contributed by atoms with E-state index < -0.39 is 0 Å². The van der Waals surface area contributed by atoms with E-state index in [4.69, 9.17) is 21.1 Å². The third-order valence-electron chi connectivity index (χ3n) is 5.27. The van der Waals surface area contributed by atoms with Gasteiger partial charge in [0.05, 0.1) is 18.5 Å². The molecule has 0 saturated carbocycles. The number of likely N-dealkylation sites (N-methyl/N-ethyl adjacent to an activating group) is 1. The highest BCUT2D eigenvalue weighted by Gasteiger charge is 2.28. The van der Waals surface area contributed by atoms with Crippen molar-refractivity contribution in [1.82, 2.24) is 19.8 Å². The lowest BCUT2D eigenvalue weighted by molar-refractivity contribution is -0.111.